The molecular weight excluding hydrogens is 562 g/mol. The van der Waals surface area contributed by atoms with Crippen LogP contribution >= 0.6 is 0 Å². The number of nitrogens with one attached hydrogen (secondary N) is 1. The number of amides is 1. The average Bonchev–Trinajstić information content (AvgIpc) is 2.94. The Morgan fingerprint density at radius 2 is 1.57 bits per heavy atom. The molecule has 12 heteroatoms. The van der Waals surface area contributed by atoms with Crippen molar-refractivity contribution < 1.29 is 37.0 Å². The van der Waals surface area contributed by atoms with Crippen LogP contribution in [-0.2, 0) is 24.3 Å². The fraction of sp³-hybridized carbons (Fsp3) is 0.300. The van der Waals surface area contributed by atoms with E-state index in [1.54, 1.807) is 63.2 Å². The molecule has 1 N–H and O–H groups in total. The van der Waals surface area contributed by atoms with Crippen LogP contribution in [0.2, 0.25) is 0 Å². The molecule has 3 rings (SSSR count). The van der Waals surface area contributed by atoms with Crippen LogP contribution in [0.1, 0.15) is 31.9 Å². The van der Waals surface area contributed by atoms with E-state index in [1.807, 2.05) is 6.92 Å². The zero-order valence-electron chi connectivity index (χ0n) is 24.4. The summed E-state index contributed by atoms with van der Waals surface area (Å²) in [5, 5.41) is 3.96. The fourth-order valence-corrected chi connectivity index (χ4v) is 5.07. The maximum atomic E-state index is 13.7. The molecule has 0 unspecified atom stereocenters. The van der Waals surface area contributed by atoms with Gasteiger partial charge in [-0.1, -0.05) is 17.7 Å². The van der Waals surface area contributed by atoms with Crippen LogP contribution in [0.3, 0.4) is 0 Å². The van der Waals surface area contributed by atoms with Crippen molar-refractivity contribution in [2.45, 2.75) is 38.2 Å². The van der Waals surface area contributed by atoms with Crippen LogP contribution in [-0.4, -0.2) is 59.5 Å². The molecule has 0 aliphatic carbocycles. The standard InChI is InChI=1S/C30H35N3O8S/c1-21-7-14-25(15-8-21)42(36,37)33(26-16-13-24(38-5)17-27(26)39-6)19-28(34)32-31-18-22-9-11-23(12-10-22)40-20-29(35)41-30(2,3)4/h7-18H,19-20H2,1-6H3,(H,32,34)/b31-18-. The highest BCUT2D eigenvalue weighted by atomic mass is 32.2. The number of carbonyl (C=O) groups is 2. The highest BCUT2D eigenvalue weighted by Crippen LogP contribution is 2.35. The van der Waals surface area contributed by atoms with Crippen molar-refractivity contribution in [1.29, 1.82) is 0 Å². The summed E-state index contributed by atoms with van der Waals surface area (Å²) < 4.78 is 49.6. The van der Waals surface area contributed by atoms with Crippen molar-refractivity contribution in [2.75, 3.05) is 31.7 Å². The molecule has 3 aromatic carbocycles. The summed E-state index contributed by atoms with van der Waals surface area (Å²) in [6, 6.07) is 17.5. The zero-order valence-corrected chi connectivity index (χ0v) is 25.2. The van der Waals surface area contributed by atoms with Gasteiger partial charge in [-0.3, -0.25) is 9.10 Å². The SMILES string of the molecule is COc1ccc(N(CC(=O)N/N=C\c2ccc(OCC(=O)OC(C)(C)C)cc2)S(=O)(=O)c2ccc(C)cc2)c(OC)c1. The molecule has 0 aliphatic heterocycles. The Balaban J connectivity index is 1.73. The van der Waals surface area contributed by atoms with Gasteiger partial charge < -0.3 is 18.9 Å². The van der Waals surface area contributed by atoms with Crippen LogP contribution in [0.4, 0.5) is 5.69 Å². The molecule has 0 atom stereocenters. The molecule has 11 nitrogen and oxygen atoms in total. The lowest BCUT2D eigenvalue weighted by Crippen LogP contribution is -2.39. The number of rotatable bonds is 12. The number of carbonyl (C=O) groups excluding carboxylic acids is 2. The lowest BCUT2D eigenvalue weighted by Gasteiger charge is -2.25. The summed E-state index contributed by atoms with van der Waals surface area (Å²) in [5.41, 5.74) is 3.43. The second-order valence-electron chi connectivity index (χ2n) is 10.1. The number of benzene rings is 3. The summed E-state index contributed by atoms with van der Waals surface area (Å²) in [4.78, 5) is 24.8. The number of anilines is 1. The van der Waals surface area contributed by atoms with Crippen LogP contribution in [0, 0.1) is 6.92 Å². The van der Waals surface area contributed by atoms with E-state index in [9.17, 15) is 18.0 Å². The third-order valence-corrected chi connectivity index (χ3v) is 7.39. The van der Waals surface area contributed by atoms with Gasteiger partial charge in [-0.25, -0.2) is 18.6 Å². The van der Waals surface area contributed by atoms with Gasteiger partial charge >= 0.3 is 5.97 Å². The molecule has 0 radical (unpaired) electrons. The van der Waals surface area contributed by atoms with Gasteiger partial charge in [-0.05, 0) is 81.8 Å². The van der Waals surface area contributed by atoms with Gasteiger partial charge in [0.05, 0.1) is 31.0 Å². The summed E-state index contributed by atoms with van der Waals surface area (Å²) in [6.07, 6.45) is 1.39. The van der Waals surface area contributed by atoms with Gasteiger partial charge in [-0.15, -0.1) is 0 Å². The van der Waals surface area contributed by atoms with Crippen molar-refractivity contribution >= 4 is 33.8 Å². The number of hydrogen-bond donors (Lipinski definition) is 1. The first-order chi connectivity index (χ1) is 19.8. The van der Waals surface area contributed by atoms with E-state index >= 15 is 0 Å². The monoisotopic (exact) mass is 597 g/mol. The smallest absolute Gasteiger partial charge is 0.344 e. The Morgan fingerprint density at radius 1 is 0.929 bits per heavy atom. The third-order valence-electron chi connectivity index (χ3n) is 5.61. The second kappa shape index (κ2) is 13.9. The van der Waals surface area contributed by atoms with Crippen LogP contribution in [0.15, 0.2) is 76.7 Å². The molecule has 0 fully saturated rings. The topological polar surface area (TPSA) is 133 Å². The number of hydrogen-bond acceptors (Lipinski definition) is 9. The number of ether oxygens (including phenoxy) is 4. The first kappa shape index (κ1) is 31.9. The average molecular weight is 598 g/mol. The van der Waals surface area contributed by atoms with Crippen molar-refractivity contribution in [3.8, 4) is 17.2 Å². The van der Waals surface area contributed by atoms with E-state index in [4.69, 9.17) is 18.9 Å². The van der Waals surface area contributed by atoms with Crippen molar-refractivity contribution in [3.63, 3.8) is 0 Å². The number of hydrazone groups is 1. The lowest BCUT2D eigenvalue weighted by molar-refractivity contribution is -0.157. The predicted octanol–water partition coefficient (Wildman–Crippen LogP) is 4.08. The maximum Gasteiger partial charge on any atom is 0.344 e. The van der Waals surface area contributed by atoms with Crippen LogP contribution < -0.4 is 23.9 Å². The summed E-state index contributed by atoms with van der Waals surface area (Å²) in [6.45, 7) is 6.35. The summed E-state index contributed by atoms with van der Waals surface area (Å²) in [7, 11) is -1.30. The summed E-state index contributed by atoms with van der Waals surface area (Å²) >= 11 is 0. The van der Waals surface area contributed by atoms with E-state index < -0.39 is 34.0 Å². The Morgan fingerprint density at radius 3 is 2.17 bits per heavy atom. The number of methoxy groups -OCH3 is 2. The van der Waals surface area contributed by atoms with Gasteiger partial charge in [0.2, 0.25) is 0 Å². The van der Waals surface area contributed by atoms with Crippen molar-refractivity contribution in [2.24, 2.45) is 5.10 Å². The first-order valence-corrected chi connectivity index (χ1v) is 14.3. The zero-order chi connectivity index (χ0) is 30.9. The van der Waals surface area contributed by atoms with E-state index in [1.165, 1.54) is 44.7 Å². The largest absolute Gasteiger partial charge is 0.497 e. The van der Waals surface area contributed by atoms with Gasteiger partial charge in [0.1, 0.15) is 29.4 Å². The van der Waals surface area contributed by atoms with Gasteiger partial charge in [0, 0.05) is 6.07 Å². The number of nitrogens with zero attached hydrogens (tertiary/aromatic N) is 2. The van der Waals surface area contributed by atoms with E-state index in [0.29, 0.717) is 17.1 Å². The van der Waals surface area contributed by atoms with Crippen LogP contribution in [0.5, 0.6) is 17.2 Å². The highest BCUT2D eigenvalue weighted by Gasteiger charge is 2.29. The van der Waals surface area contributed by atoms with E-state index in [2.05, 4.69) is 10.5 Å². The molecule has 1 amide bonds. The van der Waals surface area contributed by atoms with E-state index in [0.717, 1.165) is 9.87 Å². The Kier molecular flexibility index (Phi) is 10.5. The first-order valence-electron chi connectivity index (χ1n) is 12.9. The summed E-state index contributed by atoms with van der Waals surface area (Å²) in [5.74, 6) is -0.0555. The molecule has 0 aliphatic rings. The third kappa shape index (κ3) is 8.96. The Hall–Kier alpha value is -4.58. The maximum absolute atomic E-state index is 13.7. The van der Waals surface area contributed by atoms with Gasteiger partial charge in [0.25, 0.3) is 15.9 Å². The molecule has 0 bridgehead atoms. The second-order valence-corrected chi connectivity index (χ2v) is 12.0. The molecule has 3 aromatic rings. The molecule has 0 aromatic heterocycles. The molecule has 0 saturated carbocycles. The van der Waals surface area contributed by atoms with Crippen molar-refractivity contribution in [1.82, 2.24) is 5.43 Å². The lowest BCUT2D eigenvalue weighted by atomic mass is 10.2. The minimum atomic E-state index is -4.17. The van der Waals surface area contributed by atoms with Crippen LogP contribution in [0.25, 0.3) is 0 Å². The number of esters is 1. The number of sulfonamides is 1. The normalized spacial score (nSPS) is 11.6. The molecule has 42 heavy (non-hydrogen) atoms. The Labute approximate surface area is 246 Å². The highest BCUT2D eigenvalue weighted by molar-refractivity contribution is 7.92. The number of aryl methyl sites for hydroxylation is 1. The molecule has 224 valence electrons. The molecule has 0 spiro atoms. The predicted molar refractivity (Wildman–Crippen MR) is 159 cm³/mol. The molecule has 0 saturated heterocycles. The van der Waals surface area contributed by atoms with Gasteiger partial charge in [0.15, 0.2) is 6.61 Å². The molecular formula is C30H35N3O8S. The minimum Gasteiger partial charge on any atom is -0.497 e. The van der Waals surface area contributed by atoms with Gasteiger partial charge in [-0.2, -0.15) is 5.10 Å². The van der Waals surface area contributed by atoms with E-state index in [-0.39, 0.29) is 22.9 Å². The minimum absolute atomic E-state index is 0.0104. The quantitative estimate of drug-likeness (QED) is 0.188. The van der Waals surface area contributed by atoms with Crippen molar-refractivity contribution in [3.05, 3.63) is 77.9 Å². The molecule has 0 heterocycles. The fourth-order valence-electron chi connectivity index (χ4n) is 3.64. The Bertz CT molecular complexity index is 1510.